The van der Waals surface area contributed by atoms with E-state index in [1.165, 1.54) is 0 Å². The van der Waals surface area contributed by atoms with Crippen LogP contribution in [0.1, 0.15) is 5.56 Å². The number of carbonyl (C=O) groups is 1. The molecule has 1 fully saturated rings. The predicted octanol–water partition coefficient (Wildman–Crippen LogP) is 0.284. The van der Waals surface area contributed by atoms with Crippen molar-refractivity contribution in [1.29, 1.82) is 0 Å². The smallest absolute Gasteiger partial charge is 0.234 e. The van der Waals surface area contributed by atoms with Gasteiger partial charge in [0.25, 0.3) is 0 Å². The molecule has 1 aliphatic heterocycles. The third-order valence-electron chi connectivity index (χ3n) is 4.18. The monoisotopic (exact) mass is 351 g/mol. The lowest BCUT2D eigenvalue weighted by atomic mass is 10.1. The summed E-state index contributed by atoms with van der Waals surface area (Å²) in [4.78, 5) is 14.1. The highest BCUT2D eigenvalue weighted by molar-refractivity contribution is 5.77. The Balaban J connectivity index is 1.58. The molecule has 0 unspecified atom stereocenters. The fourth-order valence-corrected chi connectivity index (χ4v) is 2.71. The van der Waals surface area contributed by atoms with Crippen LogP contribution in [-0.2, 0) is 16.0 Å². The number of ether oxygens (including phenoxy) is 3. The Kier molecular flexibility index (Phi) is 8.51. The van der Waals surface area contributed by atoms with E-state index in [2.05, 4.69) is 15.5 Å². The number of hydrogen-bond acceptors (Lipinski definition) is 6. The van der Waals surface area contributed by atoms with E-state index in [0.29, 0.717) is 13.1 Å². The van der Waals surface area contributed by atoms with Gasteiger partial charge in [0, 0.05) is 26.2 Å². The van der Waals surface area contributed by atoms with Crippen LogP contribution in [0.5, 0.6) is 11.5 Å². The molecule has 1 amide bonds. The number of benzene rings is 1. The third-order valence-corrected chi connectivity index (χ3v) is 4.18. The first-order valence-electron chi connectivity index (χ1n) is 8.71. The van der Waals surface area contributed by atoms with Crippen LogP contribution >= 0.6 is 0 Å². The van der Waals surface area contributed by atoms with Gasteiger partial charge in [-0.15, -0.1) is 0 Å². The van der Waals surface area contributed by atoms with Gasteiger partial charge in [0.2, 0.25) is 5.91 Å². The lowest BCUT2D eigenvalue weighted by Crippen LogP contribution is -2.43. The first-order chi connectivity index (χ1) is 12.2. The zero-order valence-corrected chi connectivity index (χ0v) is 15.2. The summed E-state index contributed by atoms with van der Waals surface area (Å²) in [6.45, 7) is 6.07. The number of carbonyl (C=O) groups excluding carboxylic acids is 1. The minimum atomic E-state index is 0.0283. The van der Waals surface area contributed by atoms with Gasteiger partial charge in [0.15, 0.2) is 11.5 Å². The van der Waals surface area contributed by atoms with Crippen molar-refractivity contribution in [2.24, 2.45) is 0 Å². The standard InChI is InChI=1S/C18H29N3O4/c1-23-16-4-3-15(13-17(16)24-2)5-6-19-14-18(22)20-7-8-21-9-11-25-12-10-21/h3-4,13,19H,5-12,14H2,1-2H3,(H,20,22). The van der Waals surface area contributed by atoms with Crippen molar-refractivity contribution in [3.63, 3.8) is 0 Å². The lowest BCUT2D eigenvalue weighted by molar-refractivity contribution is -0.120. The van der Waals surface area contributed by atoms with Crippen molar-refractivity contribution in [3.8, 4) is 11.5 Å². The van der Waals surface area contributed by atoms with Crippen molar-refractivity contribution in [2.75, 3.05) is 66.7 Å². The van der Waals surface area contributed by atoms with Crippen LogP contribution in [0.15, 0.2) is 18.2 Å². The summed E-state index contributed by atoms with van der Waals surface area (Å²) in [5.74, 6) is 1.47. The molecular weight excluding hydrogens is 322 g/mol. The number of rotatable bonds is 10. The number of morpholine rings is 1. The molecule has 2 N–H and O–H groups in total. The molecule has 1 saturated heterocycles. The fraction of sp³-hybridized carbons (Fsp3) is 0.611. The Bertz CT molecular complexity index is 533. The average Bonchev–Trinajstić information content (AvgIpc) is 2.66. The van der Waals surface area contributed by atoms with Gasteiger partial charge >= 0.3 is 0 Å². The van der Waals surface area contributed by atoms with Crippen molar-refractivity contribution in [1.82, 2.24) is 15.5 Å². The van der Waals surface area contributed by atoms with Crippen molar-refractivity contribution >= 4 is 5.91 Å². The van der Waals surface area contributed by atoms with Gasteiger partial charge in [-0.2, -0.15) is 0 Å². The molecule has 0 spiro atoms. The number of nitrogens with one attached hydrogen (secondary N) is 2. The van der Waals surface area contributed by atoms with Gasteiger partial charge in [-0.3, -0.25) is 9.69 Å². The maximum absolute atomic E-state index is 11.8. The molecule has 7 nitrogen and oxygen atoms in total. The topological polar surface area (TPSA) is 72.1 Å². The molecule has 0 aromatic heterocycles. The molecule has 1 heterocycles. The van der Waals surface area contributed by atoms with Crippen LogP contribution in [-0.4, -0.2) is 77.5 Å². The van der Waals surface area contributed by atoms with Crippen LogP contribution in [0.3, 0.4) is 0 Å². The molecule has 1 aliphatic rings. The number of amides is 1. The molecule has 0 saturated carbocycles. The molecule has 1 aromatic rings. The van der Waals surface area contributed by atoms with Crippen LogP contribution < -0.4 is 20.1 Å². The van der Waals surface area contributed by atoms with Crippen LogP contribution in [0, 0.1) is 0 Å². The van der Waals surface area contributed by atoms with Gasteiger partial charge in [-0.1, -0.05) is 6.07 Å². The van der Waals surface area contributed by atoms with Gasteiger partial charge in [0.05, 0.1) is 34.0 Å². The van der Waals surface area contributed by atoms with Crippen molar-refractivity contribution in [2.45, 2.75) is 6.42 Å². The van der Waals surface area contributed by atoms with E-state index < -0.39 is 0 Å². The Morgan fingerprint density at radius 1 is 1.16 bits per heavy atom. The van der Waals surface area contributed by atoms with E-state index in [1.807, 2.05) is 18.2 Å². The second-order valence-electron chi connectivity index (χ2n) is 5.92. The van der Waals surface area contributed by atoms with E-state index in [4.69, 9.17) is 14.2 Å². The minimum Gasteiger partial charge on any atom is -0.493 e. The summed E-state index contributed by atoms with van der Waals surface area (Å²) >= 11 is 0. The summed E-state index contributed by atoms with van der Waals surface area (Å²) in [6.07, 6.45) is 0.821. The second-order valence-corrected chi connectivity index (χ2v) is 5.92. The Labute approximate surface area is 149 Å². The summed E-state index contributed by atoms with van der Waals surface area (Å²) in [6, 6.07) is 5.86. The highest BCUT2D eigenvalue weighted by Gasteiger charge is 2.10. The largest absolute Gasteiger partial charge is 0.493 e. The van der Waals surface area contributed by atoms with Crippen LogP contribution in [0.2, 0.25) is 0 Å². The van der Waals surface area contributed by atoms with Gasteiger partial charge < -0.3 is 24.8 Å². The molecule has 0 radical (unpaired) electrons. The first kappa shape index (κ1) is 19.5. The lowest BCUT2D eigenvalue weighted by Gasteiger charge is -2.26. The fourth-order valence-electron chi connectivity index (χ4n) is 2.71. The molecule has 0 aliphatic carbocycles. The average molecular weight is 351 g/mol. The highest BCUT2D eigenvalue weighted by Crippen LogP contribution is 2.27. The molecule has 0 atom stereocenters. The van der Waals surface area contributed by atoms with E-state index in [0.717, 1.165) is 62.9 Å². The third kappa shape index (κ3) is 6.89. The van der Waals surface area contributed by atoms with Crippen molar-refractivity contribution in [3.05, 3.63) is 23.8 Å². The quantitative estimate of drug-likeness (QED) is 0.590. The first-order valence-corrected chi connectivity index (χ1v) is 8.71. The number of nitrogens with zero attached hydrogens (tertiary/aromatic N) is 1. The molecule has 1 aromatic carbocycles. The maximum atomic E-state index is 11.8. The molecule has 140 valence electrons. The summed E-state index contributed by atoms with van der Waals surface area (Å²) < 4.78 is 15.8. The Morgan fingerprint density at radius 3 is 2.64 bits per heavy atom. The maximum Gasteiger partial charge on any atom is 0.234 e. The normalized spacial score (nSPS) is 15.0. The molecular formula is C18H29N3O4. The minimum absolute atomic E-state index is 0.0283. The van der Waals surface area contributed by atoms with Gasteiger partial charge in [0.1, 0.15) is 0 Å². The van der Waals surface area contributed by atoms with Crippen LogP contribution in [0.4, 0.5) is 0 Å². The highest BCUT2D eigenvalue weighted by atomic mass is 16.5. The predicted molar refractivity (Wildman–Crippen MR) is 96.4 cm³/mol. The van der Waals surface area contributed by atoms with E-state index >= 15 is 0 Å². The van der Waals surface area contributed by atoms with E-state index in [9.17, 15) is 4.79 Å². The number of methoxy groups -OCH3 is 2. The zero-order chi connectivity index (χ0) is 17.9. The number of hydrogen-bond donors (Lipinski definition) is 2. The molecule has 2 rings (SSSR count). The van der Waals surface area contributed by atoms with E-state index in [-0.39, 0.29) is 5.91 Å². The molecule has 0 bridgehead atoms. The van der Waals surface area contributed by atoms with Gasteiger partial charge in [-0.05, 0) is 30.7 Å². The Morgan fingerprint density at radius 2 is 1.92 bits per heavy atom. The van der Waals surface area contributed by atoms with E-state index in [1.54, 1.807) is 14.2 Å². The second kappa shape index (κ2) is 10.9. The van der Waals surface area contributed by atoms with Crippen LogP contribution in [0.25, 0.3) is 0 Å². The summed E-state index contributed by atoms with van der Waals surface area (Å²) in [5.41, 5.74) is 1.14. The zero-order valence-electron chi connectivity index (χ0n) is 15.2. The Hall–Kier alpha value is -1.83. The summed E-state index contributed by atoms with van der Waals surface area (Å²) in [7, 11) is 3.25. The molecule has 7 heteroatoms. The van der Waals surface area contributed by atoms with Gasteiger partial charge in [-0.25, -0.2) is 0 Å². The van der Waals surface area contributed by atoms with Crippen molar-refractivity contribution < 1.29 is 19.0 Å². The molecule has 25 heavy (non-hydrogen) atoms. The SMILES string of the molecule is COc1ccc(CCNCC(=O)NCCN2CCOCC2)cc1OC. The summed E-state index contributed by atoms with van der Waals surface area (Å²) in [5, 5.41) is 6.11.